The van der Waals surface area contributed by atoms with Gasteiger partial charge in [0.15, 0.2) is 5.17 Å². The number of carbonyl (C=O) groups excluding carboxylic acids is 2. The highest BCUT2D eigenvalue weighted by molar-refractivity contribution is 8.13. The Hall–Kier alpha value is -1.24. The van der Waals surface area contributed by atoms with E-state index in [9.17, 15) is 9.59 Å². The first-order valence-corrected chi connectivity index (χ1v) is 10.2. The van der Waals surface area contributed by atoms with Gasteiger partial charge < -0.3 is 10.6 Å². The minimum Gasteiger partial charge on any atom is -0.336 e. The van der Waals surface area contributed by atoms with E-state index in [1.807, 2.05) is 13.8 Å². The Balaban J connectivity index is 2.39. The summed E-state index contributed by atoms with van der Waals surface area (Å²) in [6.07, 6.45) is 10.0. The Bertz CT molecular complexity index is 432. The van der Waals surface area contributed by atoms with Gasteiger partial charge in [0.05, 0.1) is 0 Å². The standard InChI is InChI=1S/C17H32N4O2S/c1-5-6-7-13-8-10-14(11-9-13)19-16(23)21-17(24-4)20-15(22)18-12(2)3/h12-14H,5-11H2,1-4H3,(H3,18,19,20,21,22,23). The second-order valence-electron chi connectivity index (χ2n) is 6.68. The van der Waals surface area contributed by atoms with Crippen LogP contribution in [0.4, 0.5) is 9.59 Å². The third-order valence-electron chi connectivity index (χ3n) is 4.18. The summed E-state index contributed by atoms with van der Waals surface area (Å²) in [6.45, 7) is 5.97. The van der Waals surface area contributed by atoms with Crippen LogP contribution in [0.3, 0.4) is 0 Å². The Morgan fingerprint density at radius 2 is 1.88 bits per heavy atom. The minimum atomic E-state index is -0.374. The van der Waals surface area contributed by atoms with Crippen LogP contribution in [0, 0.1) is 5.92 Å². The van der Waals surface area contributed by atoms with E-state index in [2.05, 4.69) is 27.9 Å². The Kier molecular flexibility index (Phi) is 9.83. The molecule has 1 fully saturated rings. The van der Waals surface area contributed by atoms with Crippen LogP contribution in [0.2, 0.25) is 0 Å². The van der Waals surface area contributed by atoms with E-state index < -0.39 is 0 Å². The van der Waals surface area contributed by atoms with E-state index in [0.29, 0.717) is 5.17 Å². The lowest BCUT2D eigenvalue weighted by Crippen LogP contribution is -2.42. The molecule has 1 aliphatic carbocycles. The van der Waals surface area contributed by atoms with Gasteiger partial charge in [0.1, 0.15) is 0 Å². The predicted octanol–water partition coefficient (Wildman–Crippen LogP) is 3.87. The molecule has 7 heteroatoms. The van der Waals surface area contributed by atoms with Gasteiger partial charge in [-0.25, -0.2) is 9.59 Å². The van der Waals surface area contributed by atoms with E-state index in [-0.39, 0.29) is 24.1 Å². The molecule has 4 amide bonds. The third kappa shape index (κ3) is 8.57. The van der Waals surface area contributed by atoms with E-state index in [1.54, 1.807) is 6.26 Å². The molecule has 0 spiro atoms. The van der Waals surface area contributed by atoms with Crippen LogP contribution in [0.25, 0.3) is 0 Å². The molecule has 0 aromatic carbocycles. The number of unbranched alkanes of at least 4 members (excludes halogenated alkanes) is 1. The van der Waals surface area contributed by atoms with Crippen LogP contribution in [0.1, 0.15) is 65.7 Å². The van der Waals surface area contributed by atoms with Crippen molar-refractivity contribution in [2.24, 2.45) is 10.9 Å². The van der Waals surface area contributed by atoms with E-state index in [0.717, 1.165) is 18.8 Å². The molecule has 0 radical (unpaired) electrons. The van der Waals surface area contributed by atoms with E-state index >= 15 is 0 Å². The monoisotopic (exact) mass is 356 g/mol. The molecule has 6 nitrogen and oxygen atoms in total. The van der Waals surface area contributed by atoms with Crippen molar-refractivity contribution in [1.82, 2.24) is 16.0 Å². The maximum absolute atomic E-state index is 12.1. The van der Waals surface area contributed by atoms with Crippen molar-refractivity contribution in [1.29, 1.82) is 0 Å². The highest BCUT2D eigenvalue weighted by atomic mass is 32.2. The van der Waals surface area contributed by atoms with Gasteiger partial charge in [-0.1, -0.05) is 37.9 Å². The van der Waals surface area contributed by atoms with Crippen molar-refractivity contribution in [2.75, 3.05) is 6.26 Å². The maximum atomic E-state index is 12.1. The predicted molar refractivity (Wildman–Crippen MR) is 102 cm³/mol. The first-order valence-electron chi connectivity index (χ1n) is 8.95. The highest BCUT2D eigenvalue weighted by Gasteiger charge is 2.22. The number of nitrogens with zero attached hydrogens (tertiary/aromatic N) is 1. The van der Waals surface area contributed by atoms with Crippen molar-refractivity contribution >= 4 is 29.0 Å². The number of hydrogen-bond donors (Lipinski definition) is 3. The lowest BCUT2D eigenvalue weighted by molar-refractivity contribution is 0.232. The highest BCUT2D eigenvalue weighted by Crippen LogP contribution is 2.28. The molecular formula is C17H32N4O2S. The van der Waals surface area contributed by atoms with Gasteiger partial charge in [-0.2, -0.15) is 4.99 Å². The normalized spacial score (nSPS) is 21.5. The van der Waals surface area contributed by atoms with Gasteiger partial charge in [0, 0.05) is 12.1 Å². The molecule has 1 rings (SSSR count). The first kappa shape index (κ1) is 20.8. The molecule has 0 bridgehead atoms. The molecule has 138 valence electrons. The average Bonchev–Trinajstić information content (AvgIpc) is 2.52. The van der Waals surface area contributed by atoms with Gasteiger partial charge in [0.2, 0.25) is 0 Å². The zero-order valence-corrected chi connectivity index (χ0v) is 16.2. The smallest absolute Gasteiger partial charge is 0.336 e. The van der Waals surface area contributed by atoms with E-state index in [4.69, 9.17) is 0 Å². The second kappa shape index (κ2) is 11.3. The molecule has 0 aromatic heterocycles. The molecular weight excluding hydrogens is 324 g/mol. The number of amides is 4. The Morgan fingerprint density at radius 3 is 2.42 bits per heavy atom. The zero-order chi connectivity index (χ0) is 17.9. The third-order valence-corrected chi connectivity index (χ3v) is 4.76. The number of urea groups is 2. The van der Waals surface area contributed by atoms with Crippen molar-refractivity contribution in [3.05, 3.63) is 0 Å². The second-order valence-corrected chi connectivity index (χ2v) is 7.48. The zero-order valence-electron chi connectivity index (χ0n) is 15.4. The van der Waals surface area contributed by atoms with Gasteiger partial charge in [-0.15, -0.1) is 0 Å². The maximum Gasteiger partial charge on any atom is 0.343 e. The van der Waals surface area contributed by atoms with Gasteiger partial charge in [0.25, 0.3) is 0 Å². The van der Waals surface area contributed by atoms with Crippen molar-refractivity contribution < 1.29 is 9.59 Å². The summed E-state index contributed by atoms with van der Waals surface area (Å²) in [4.78, 5) is 27.7. The SMILES string of the molecule is CCCCC1CCC(NC(=O)N=C(NC(=O)NC(C)C)SC)CC1. The lowest BCUT2D eigenvalue weighted by atomic mass is 9.83. The largest absolute Gasteiger partial charge is 0.343 e. The molecule has 1 saturated carbocycles. The van der Waals surface area contributed by atoms with Crippen LogP contribution >= 0.6 is 11.8 Å². The molecule has 3 N–H and O–H groups in total. The number of carbonyl (C=O) groups is 2. The summed E-state index contributed by atoms with van der Waals surface area (Å²) in [5, 5.41) is 8.58. The van der Waals surface area contributed by atoms with Crippen LogP contribution in [-0.2, 0) is 0 Å². The molecule has 0 atom stereocenters. The number of hydrogen-bond acceptors (Lipinski definition) is 3. The first-order chi connectivity index (χ1) is 11.4. The topological polar surface area (TPSA) is 82.6 Å². The summed E-state index contributed by atoms with van der Waals surface area (Å²) in [6, 6.07) is -0.486. The Labute approximate surface area is 150 Å². The molecule has 0 unspecified atom stereocenters. The molecule has 0 aromatic rings. The van der Waals surface area contributed by atoms with Crippen LogP contribution < -0.4 is 16.0 Å². The minimum absolute atomic E-state index is 0.0322. The molecule has 1 aliphatic rings. The number of amidine groups is 1. The van der Waals surface area contributed by atoms with Crippen LogP contribution in [-0.4, -0.2) is 35.6 Å². The summed E-state index contributed by atoms with van der Waals surface area (Å²) in [5.41, 5.74) is 0. The fraction of sp³-hybridized carbons (Fsp3) is 0.824. The van der Waals surface area contributed by atoms with Crippen molar-refractivity contribution in [3.8, 4) is 0 Å². The molecule has 0 aliphatic heterocycles. The fourth-order valence-electron chi connectivity index (χ4n) is 2.91. The molecule has 24 heavy (non-hydrogen) atoms. The number of nitrogens with one attached hydrogen (secondary N) is 3. The molecule has 0 heterocycles. The number of rotatable bonds is 5. The summed E-state index contributed by atoms with van der Waals surface area (Å²) < 4.78 is 0. The average molecular weight is 357 g/mol. The number of aliphatic imine (C=N–C) groups is 1. The van der Waals surface area contributed by atoms with Gasteiger partial charge in [-0.05, 0) is 51.7 Å². The molecule has 0 saturated heterocycles. The fourth-order valence-corrected chi connectivity index (χ4v) is 3.28. The Morgan fingerprint density at radius 1 is 1.21 bits per heavy atom. The summed E-state index contributed by atoms with van der Waals surface area (Å²) >= 11 is 1.24. The van der Waals surface area contributed by atoms with Gasteiger partial charge in [-0.3, -0.25) is 5.32 Å². The van der Waals surface area contributed by atoms with E-state index in [1.165, 1.54) is 43.9 Å². The van der Waals surface area contributed by atoms with Crippen molar-refractivity contribution in [3.63, 3.8) is 0 Å². The van der Waals surface area contributed by atoms with Crippen LogP contribution in [0.15, 0.2) is 4.99 Å². The summed E-state index contributed by atoms with van der Waals surface area (Å²) in [5.74, 6) is 0.810. The summed E-state index contributed by atoms with van der Waals surface area (Å²) in [7, 11) is 0. The van der Waals surface area contributed by atoms with Crippen LogP contribution in [0.5, 0.6) is 0 Å². The van der Waals surface area contributed by atoms with Gasteiger partial charge >= 0.3 is 12.1 Å². The van der Waals surface area contributed by atoms with Crippen molar-refractivity contribution in [2.45, 2.75) is 77.8 Å². The number of thioether (sulfide) groups is 1. The lowest BCUT2D eigenvalue weighted by Gasteiger charge is -2.28. The quantitative estimate of drug-likeness (QED) is 0.516.